The number of nitrogens with zero attached hydrogens (tertiary/aromatic N) is 2. The van der Waals surface area contributed by atoms with Gasteiger partial charge >= 0.3 is 14.6 Å². The Morgan fingerprint density at radius 3 is 2.23 bits per heavy atom. The number of fused-ring (bicyclic) bond motifs is 5. The van der Waals surface area contributed by atoms with Crippen LogP contribution in [0.2, 0.25) is 0 Å². The number of allylic oxidation sites excluding steroid dienone is 1. The summed E-state index contributed by atoms with van der Waals surface area (Å²) >= 11 is 0. The zero-order valence-corrected chi connectivity index (χ0v) is 38.8. The Labute approximate surface area is 349 Å². The number of nitrogens with one attached hydrogen (secondary N) is 1. The molecule has 0 aromatic heterocycles. The lowest BCUT2D eigenvalue weighted by Gasteiger charge is -2.58. The van der Waals surface area contributed by atoms with Crippen LogP contribution in [0.3, 0.4) is 0 Å². The summed E-state index contributed by atoms with van der Waals surface area (Å²) in [5.74, 6) is 5.02. The molecule has 57 heavy (non-hydrogen) atoms. The Balaban J connectivity index is 1.04. The maximum atomic E-state index is 12.7. The van der Waals surface area contributed by atoms with E-state index in [1.807, 2.05) is 6.92 Å². The van der Waals surface area contributed by atoms with E-state index in [9.17, 15) is 4.79 Å². The minimum absolute atomic E-state index is 0.0281. The van der Waals surface area contributed by atoms with E-state index in [0.29, 0.717) is 64.8 Å². The first-order valence-corrected chi connectivity index (χ1v) is 24.2. The van der Waals surface area contributed by atoms with Crippen LogP contribution in [0, 0.1) is 46.3 Å². The number of hydrogen-bond acceptors (Lipinski definition) is 9. The molecule has 0 aliphatic heterocycles. The fourth-order valence-electron chi connectivity index (χ4n) is 11.3. The molecule has 1 N–H and O–H groups in total. The molecule has 6 unspecified atom stereocenters. The van der Waals surface area contributed by atoms with Gasteiger partial charge in [-0.15, -0.1) is 0 Å². The minimum Gasteiger partial charge on any atom is -0.446 e. The van der Waals surface area contributed by atoms with Crippen LogP contribution in [-0.2, 0) is 28.0 Å². The lowest BCUT2D eigenvalue weighted by Crippen LogP contribution is -2.51. The quantitative estimate of drug-likeness (QED) is 0.0303. The van der Waals surface area contributed by atoms with Crippen LogP contribution < -0.4 is 5.32 Å². The van der Waals surface area contributed by atoms with Crippen molar-refractivity contribution in [2.24, 2.45) is 51.3 Å². The lowest BCUT2D eigenvalue weighted by molar-refractivity contribution is -0.0581. The fraction of sp³-hybridized carbons (Fsp3) is 0.913. The Kier molecular flexibility index (Phi) is 20.6. The third kappa shape index (κ3) is 13.9. The SMILES string of the molecule is CCN=COP(OCCOCCOCCOCCCNC(=O)OC1CC[C@@]2(C)C(=CCC3C4CCC([C@H](C)CCCC(C)C)[C@@]4(C)CCC32)C1)N(C(C)C)C(C)C. The number of amides is 1. The van der Waals surface area contributed by atoms with Crippen molar-refractivity contribution < 1.29 is 32.8 Å². The molecule has 3 saturated carbocycles. The molecule has 11 heteroatoms. The molecule has 0 radical (unpaired) electrons. The third-order valence-corrected chi connectivity index (χ3v) is 16.1. The molecule has 4 aliphatic carbocycles. The number of alkyl carbamates (subject to hydrolysis) is 1. The van der Waals surface area contributed by atoms with E-state index < -0.39 is 8.53 Å². The van der Waals surface area contributed by atoms with Crippen molar-refractivity contribution in [3.05, 3.63) is 11.6 Å². The molecule has 0 saturated heterocycles. The van der Waals surface area contributed by atoms with Crippen molar-refractivity contribution in [1.29, 1.82) is 0 Å². The average Bonchev–Trinajstić information content (AvgIpc) is 3.52. The summed E-state index contributed by atoms with van der Waals surface area (Å²) in [4.78, 5) is 16.9. The van der Waals surface area contributed by atoms with Gasteiger partial charge in [-0.1, -0.05) is 65.5 Å². The highest BCUT2D eigenvalue weighted by molar-refractivity contribution is 7.45. The molecule has 9 atom stereocenters. The first kappa shape index (κ1) is 48.4. The van der Waals surface area contributed by atoms with Gasteiger partial charge in [0.05, 0.1) is 39.6 Å². The second-order valence-electron chi connectivity index (χ2n) is 19.0. The van der Waals surface area contributed by atoms with E-state index in [4.69, 9.17) is 28.0 Å². The molecule has 4 rings (SSSR count). The highest BCUT2D eigenvalue weighted by Crippen LogP contribution is 2.67. The minimum atomic E-state index is -1.25. The highest BCUT2D eigenvalue weighted by atomic mass is 31.2. The molecular formula is C46H84N3O7P. The Hall–Kier alpha value is -1.29. The topological polar surface area (TPSA) is 100 Å². The van der Waals surface area contributed by atoms with Crippen LogP contribution in [0.5, 0.6) is 0 Å². The number of rotatable bonds is 26. The molecule has 10 nitrogen and oxygen atoms in total. The van der Waals surface area contributed by atoms with Gasteiger partial charge in [0.25, 0.3) is 0 Å². The number of carbonyl (C=O) groups excluding carboxylic acids is 1. The molecule has 4 aliphatic rings. The molecule has 0 spiro atoms. The molecule has 0 heterocycles. The molecule has 0 aromatic rings. The summed E-state index contributed by atoms with van der Waals surface area (Å²) in [6.45, 7) is 27.7. The molecule has 0 bridgehead atoms. The second kappa shape index (κ2) is 24.2. The Morgan fingerprint density at radius 2 is 1.56 bits per heavy atom. The van der Waals surface area contributed by atoms with E-state index in [1.54, 1.807) is 5.57 Å². The van der Waals surface area contributed by atoms with Gasteiger partial charge in [0.2, 0.25) is 0 Å². The van der Waals surface area contributed by atoms with Crippen molar-refractivity contribution >= 4 is 21.0 Å². The van der Waals surface area contributed by atoms with E-state index in [-0.39, 0.29) is 29.7 Å². The van der Waals surface area contributed by atoms with Gasteiger partial charge in [-0.05, 0) is 132 Å². The molecule has 330 valence electrons. The Bertz CT molecular complexity index is 1230. The molecule has 3 fully saturated rings. The molecule has 1 amide bonds. The van der Waals surface area contributed by atoms with Crippen molar-refractivity contribution in [3.8, 4) is 0 Å². The van der Waals surface area contributed by atoms with Gasteiger partial charge in [-0.3, -0.25) is 4.99 Å². The van der Waals surface area contributed by atoms with Gasteiger partial charge in [0.15, 0.2) is 6.40 Å². The molecule has 0 aromatic carbocycles. The summed E-state index contributed by atoms with van der Waals surface area (Å²) in [6, 6.07) is 0.573. The summed E-state index contributed by atoms with van der Waals surface area (Å²) < 4.78 is 37.1. The van der Waals surface area contributed by atoms with E-state index in [2.05, 4.69) is 83.4 Å². The van der Waals surface area contributed by atoms with Crippen LogP contribution in [-0.4, -0.2) is 94.7 Å². The van der Waals surface area contributed by atoms with E-state index in [0.717, 1.165) is 61.2 Å². The largest absolute Gasteiger partial charge is 0.446 e. The third-order valence-electron chi connectivity index (χ3n) is 14.1. The van der Waals surface area contributed by atoms with Crippen molar-refractivity contribution in [2.75, 3.05) is 59.3 Å². The van der Waals surface area contributed by atoms with Gasteiger partial charge in [0, 0.05) is 38.2 Å². The first-order valence-electron chi connectivity index (χ1n) is 23.0. The summed E-state index contributed by atoms with van der Waals surface area (Å²) in [6.07, 6.45) is 18.5. The van der Waals surface area contributed by atoms with Gasteiger partial charge in [-0.25, -0.2) is 9.46 Å². The first-order chi connectivity index (χ1) is 27.3. The van der Waals surface area contributed by atoms with E-state index >= 15 is 0 Å². The number of ether oxygens (including phenoxy) is 4. The normalized spacial score (nSPS) is 29.7. The van der Waals surface area contributed by atoms with Crippen LogP contribution >= 0.6 is 8.53 Å². The van der Waals surface area contributed by atoms with Gasteiger partial charge < -0.3 is 33.3 Å². The standard InChI is InChI=1S/C46H84N3O7P/c1-11-47-33-55-57(49(35(4)5)36(6)7)54-31-30-53-29-28-52-27-26-51-25-13-24-48-44(50)56-39-20-22-45(9)38(32-39)16-17-40-42-19-18-41(37(8)15-12-14-34(2)3)46(42,10)23-21-43(40)45/h16,33-37,39-43H,11-15,17-32H2,1-10H3,(H,48,50)/t37-,39?,40?,41?,42?,43?,45+,46-,57?/m1/s1. The van der Waals surface area contributed by atoms with Crippen LogP contribution in [0.4, 0.5) is 4.79 Å². The lowest BCUT2D eigenvalue weighted by atomic mass is 9.47. The van der Waals surface area contributed by atoms with Gasteiger partial charge in [0.1, 0.15) is 6.10 Å². The maximum absolute atomic E-state index is 12.7. The monoisotopic (exact) mass is 822 g/mol. The number of hydrogen-bond donors (Lipinski definition) is 1. The predicted octanol–water partition coefficient (Wildman–Crippen LogP) is 11.0. The smallest absolute Gasteiger partial charge is 0.407 e. The highest BCUT2D eigenvalue weighted by Gasteiger charge is 2.59. The van der Waals surface area contributed by atoms with Gasteiger partial charge in [-0.2, -0.15) is 0 Å². The fourth-order valence-corrected chi connectivity index (χ4v) is 12.7. The Morgan fingerprint density at radius 1 is 0.877 bits per heavy atom. The zero-order chi connectivity index (χ0) is 41.4. The van der Waals surface area contributed by atoms with E-state index in [1.165, 1.54) is 57.8 Å². The summed E-state index contributed by atoms with van der Waals surface area (Å²) in [5, 5.41) is 2.95. The summed E-state index contributed by atoms with van der Waals surface area (Å²) in [5.41, 5.74) is 2.34. The zero-order valence-electron chi connectivity index (χ0n) is 37.9. The van der Waals surface area contributed by atoms with Crippen molar-refractivity contribution in [2.45, 2.75) is 164 Å². The second-order valence-corrected chi connectivity index (χ2v) is 20.4. The van der Waals surface area contributed by atoms with Crippen molar-refractivity contribution in [3.63, 3.8) is 0 Å². The summed E-state index contributed by atoms with van der Waals surface area (Å²) in [7, 11) is -1.25. The predicted molar refractivity (Wildman–Crippen MR) is 233 cm³/mol. The molecular weight excluding hydrogens is 737 g/mol. The number of aliphatic imine (C=N–C) groups is 1. The maximum Gasteiger partial charge on any atom is 0.407 e. The number of carbonyl (C=O) groups is 1. The average molecular weight is 822 g/mol. The van der Waals surface area contributed by atoms with Crippen molar-refractivity contribution in [1.82, 2.24) is 9.99 Å². The van der Waals surface area contributed by atoms with Crippen LogP contribution in [0.15, 0.2) is 16.6 Å². The van der Waals surface area contributed by atoms with Crippen LogP contribution in [0.25, 0.3) is 0 Å². The van der Waals surface area contributed by atoms with Crippen LogP contribution in [0.1, 0.15) is 146 Å².